The van der Waals surface area contributed by atoms with Gasteiger partial charge >= 0.3 is 0 Å². The molecule has 1 N–H and O–H groups in total. The average Bonchev–Trinajstić information content (AvgIpc) is 3.04. The van der Waals surface area contributed by atoms with Crippen molar-refractivity contribution >= 4 is 22.7 Å². The molecule has 2 saturated carbocycles. The van der Waals surface area contributed by atoms with Gasteiger partial charge in [0, 0.05) is 29.7 Å². The first-order valence-electron chi connectivity index (χ1n) is 13.3. The van der Waals surface area contributed by atoms with Gasteiger partial charge < -0.3 is 10.2 Å². The number of nitrogens with one attached hydrogen (secondary N) is 1. The van der Waals surface area contributed by atoms with Gasteiger partial charge in [0.05, 0.1) is 17.1 Å². The molecule has 3 fully saturated rings. The number of nitrogens with zero attached hydrogens (tertiary/aromatic N) is 2. The molecule has 3 aromatic carbocycles. The summed E-state index contributed by atoms with van der Waals surface area (Å²) >= 11 is 0. The van der Waals surface area contributed by atoms with Crippen LogP contribution in [0.5, 0.6) is 0 Å². The topological polar surface area (TPSA) is 62.3 Å². The SMILES string of the molecule is O=C(NCC1C2CCC23CCC3N1C(=O)c1ccccc1-c1ccccc1)c1cccc2cccnc12. The fraction of sp³-hybridized carbons (Fsp3) is 0.281. The molecule has 5 heteroatoms. The van der Waals surface area contributed by atoms with E-state index in [2.05, 4.69) is 27.3 Å². The largest absolute Gasteiger partial charge is 0.350 e. The van der Waals surface area contributed by atoms with Crippen molar-refractivity contribution in [2.24, 2.45) is 11.3 Å². The van der Waals surface area contributed by atoms with E-state index in [0.29, 0.717) is 23.5 Å². The number of hydrogen-bond donors (Lipinski definition) is 1. The van der Waals surface area contributed by atoms with Crippen molar-refractivity contribution in [3.05, 3.63) is 102 Å². The van der Waals surface area contributed by atoms with Crippen molar-refractivity contribution in [3.63, 3.8) is 0 Å². The fourth-order valence-corrected chi connectivity index (χ4v) is 7.26. The number of rotatable bonds is 5. The van der Waals surface area contributed by atoms with Crippen molar-refractivity contribution in [2.45, 2.75) is 37.8 Å². The molecule has 1 aromatic heterocycles. The molecule has 4 unspecified atom stereocenters. The van der Waals surface area contributed by atoms with Crippen molar-refractivity contribution in [3.8, 4) is 11.1 Å². The Morgan fingerprint density at radius 2 is 1.62 bits per heavy atom. The number of hydrogen-bond acceptors (Lipinski definition) is 3. The van der Waals surface area contributed by atoms with Gasteiger partial charge in [0.25, 0.3) is 11.8 Å². The van der Waals surface area contributed by atoms with Gasteiger partial charge in [0.15, 0.2) is 0 Å². The molecule has 184 valence electrons. The number of carbonyl (C=O) groups is 2. The van der Waals surface area contributed by atoms with E-state index in [0.717, 1.165) is 34.9 Å². The highest BCUT2D eigenvalue weighted by atomic mass is 16.2. The summed E-state index contributed by atoms with van der Waals surface area (Å²) in [5.41, 5.74) is 4.28. The molecule has 1 saturated heterocycles. The first-order chi connectivity index (χ1) is 18.2. The molecule has 2 amide bonds. The molecule has 4 atom stereocenters. The van der Waals surface area contributed by atoms with Crippen LogP contribution in [0.2, 0.25) is 0 Å². The van der Waals surface area contributed by atoms with Gasteiger partial charge in [-0.05, 0) is 66.3 Å². The van der Waals surface area contributed by atoms with E-state index in [9.17, 15) is 9.59 Å². The zero-order valence-electron chi connectivity index (χ0n) is 20.6. The second-order valence-corrected chi connectivity index (χ2v) is 10.7. The van der Waals surface area contributed by atoms with E-state index >= 15 is 0 Å². The quantitative estimate of drug-likeness (QED) is 0.392. The van der Waals surface area contributed by atoms with Crippen LogP contribution >= 0.6 is 0 Å². The first kappa shape index (κ1) is 22.2. The summed E-state index contributed by atoms with van der Waals surface area (Å²) in [5, 5.41) is 4.14. The number of likely N-dealkylation sites (tertiary alicyclic amines) is 1. The lowest BCUT2D eigenvalue weighted by molar-refractivity contribution is -0.0440. The first-order valence-corrected chi connectivity index (χ1v) is 13.3. The predicted octanol–water partition coefficient (Wildman–Crippen LogP) is 5.72. The standard InChI is InChI=1S/C32H29N3O2/c36-30(25-14-6-10-22-11-7-19-33-29(22)25)34-20-27-26-15-17-32(26)18-16-28(32)35(27)31(37)24-13-5-4-12-23(24)21-8-2-1-3-9-21/h1-14,19,26-28H,15-18,20H2,(H,34,36). The van der Waals surface area contributed by atoms with E-state index in [1.54, 1.807) is 6.20 Å². The van der Waals surface area contributed by atoms with Crippen LogP contribution in [0.15, 0.2) is 91.1 Å². The molecule has 3 aliphatic rings. The lowest BCUT2D eigenvalue weighted by atomic mass is 9.49. The third-order valence-electron chi connectivity index (χ3n) is 9.19. The van der Waals surface area contributed by atoms with Gasteiger partial charge in [-0.1, -0.05) is 66.7 Å². The van der Waals surface area contributed by atoms with Gasteiger partial charge in [-0.2, -0.15) is 0 Å². The van der Waals surface area contributed by atoms with E-state index in [1.807, 2.05) is 72.8 Å². The Bertz CT molecular complexity index is 1510. The molecule has 2 aliphatic carbocycles. The Hall–Kier alpha value is -3.99. The molecule has 0 radical (unpaired) electrons. The van der Waals surface area contributed by atoms with Crippen LogP contribution in [0, 0.1) is 11.3 Å². The van der Waals surface area contributed by atoms with Crippen molar-refractivity contribution < 1.29 is 9.59 Å². The van der Waals surface area contributed by atoms with Crippen LogP contribution in [-0.2, 0) is 0 Å². The number of aromatic nitrogens is 1. The van der Waals surface area contributed by atoms with Gasteiger partial charge in [-0.25, -0.2) is 0 Å². The van der Waals surface area contributed by atoms with Crippen LogP contribution in [0.25, 0.3) is 22.0 Å². The zero-order valence-corrected chi connectivity index (χ0v) is 20.6. The molecular weight excluding hydrogens is 458 g/mol. The number of para-hydroxylation sites is 1. The zero-order chi connectivity index (χ0) is 25.0. The summed E-state index contributed by atoms with van der Waals surface area (Å²) in [6.07, 6.45) is 6.26. The third-order valence-corrected chi connectivity index (χ3v) is 9.19. The maximum absolute atomic E-state index is 14.2. The molecule has 1 aliphatic heterocycles. The number of fused-ring (bicyclic) bond motifs is 1. The van der Waals surface area contributed by atoms with Gasteiger partial charge in [-0.3, -0.25) is 14.6 Å². The lowest BCUT2D eigenvalue weighted by Crippen LogP contribution is -2.54. The molecule has 1 spiro atoms. The summed E-state index contributed by atoms with van der Waals surface area (Å²) in [5.74, 6) is 0.406. The minimum absolute atomic E-state index is 0.00413. The molecular formula is C32H29N3O2. The van der Waals surface area contributed by atoms with Crippen LogP contribution in [0.1, 0.15) is 46.4 Å². The highest BCUT2D eigenvalue weighted by Gasteiger charge is 2.68. The minimum Gasteiger partial charge on any atom is -0.350 e. The van der Waals surface area contributed by atoms with Crippen molar-refractivity contribution in [2.75, 3.05) is 6.54 Å². The van der Waals surface area contributed by atoms with Crippen LogP contribution < -0.4 is 5.32 Å². The highest BCUT2D eigenvalue weighted by molar-refractivity contribution is 6.05. The van der Waals surface area contributed by atoms with Gasteiger partial charge in [-0.15, -0.1) is 0 Å². The normalized spacial score (nSPS) is 25.5. The van der Waals surface area contributed by atoms with E-state index in [4.69, 9.17) is 0 Å². The Kier molecular flexibility index (Phi) is 5.13. The Labute approximate surface area is 216 Å². The predicted molar refractivity (Wildman–Crippen MR) is 144 cm³/mol. The lowest BCUT2D eigenvalue weighted by Gasteiger charge is -2.56. The molecule has 0 bridgehead atoms. The second-order valence-electron chi connectivity index (χ2n) is 10.7. The van der Waals surface area contributed by atoms with Crippen LogP contribution in [0.4, 0.5) is 0 Å². The van der Waals surface area contributed by atoms with Gasteiger partial charge in [0.1, 0.15) is 0 Å². The summed E-state index contributed by atoms with van der Waals surface area (Å²) in [6.45, 7) is 0.463. The summed E-state index contributed by atoms with van der Waals surface area (Å²) < 4.78 is 0. The van der Waals surface area contributed by atoms with Crippen LogP contribution in [0.3, 0.4) is 0 Å². The Morgan fingerprint density at radius 1 is 0.865 bits per heavy atom. The molecule has 2 heterocycles. The molecule has 5 nitrogen and oxygen atoms in total. The monoisotopic (exact) mass is 487 g/mol. The summed E-state index contributed by atoms with van der Waals surface area (Å²) in [7, 11) is 0. The average molecular weight is 488 g/mol. The molecule has 37 heavy (non-hydrogen) atoms. The molecule has 7 rings (SSSR count). The number of carbonyl (C=O) groups excluding carboxylic acids is 2. The van der Waals surface area contributed by atoms with E-state index < -0.39 is 0 Å². The van der Waals surface area contributed by atoms with E-state index in [1.165, 1.54) is 12.8 Å². The smallest absolute Gasteiger partial charge is 0.255 e. The van der Waals surface area contributed by atoms with Gasteiger partial charge in [0.2, 0.25) is 0 Å². The highest BCUT2D eigenvalue weighted by Crippen LogP contribution is 2.68. The summed E-state index contributed by atoms with van der Waals surface area (Å²) in [6, 6.07) is 27.9. The Balaban J connectivity index is 1.19. The van der Waals surface area contributed by atoms with Crippen molar-refractivity contribution in [1.82, 2.24) is 15.2 Å². The number of pyridine rings is 1. The number of amides is 2. The van der Waals surface area contributed by atoms with Crippen LogP contribution in [-0.4, -0.2) is 40.3 Å². The second kappa shape index (κ2) is 8.55. The number of benzene rings is 3. The maximum atomic E-state index is 14.2. The maximum Gasteiger partial charge on any atom is 0.255 e. The van der Waals surface area contributed by atoms with E-state index in [-0.39, 0.29) is 29.3 Å². The molecule has 4 aromatic rings. The summed E-state index contributed by atoms with van der Waals surface area (Å²) in [4.78, 5) is 34.2. The van der Waals surface area contributed by atoms with Crippen molar-refractivity contribution in [1.29, 1.82) is 0 Å². The Morgan fingerprint density at radius 3 is 2.41 bits per heavy atom. The fourth-order valence-electron chi connectivity index (χ4n) is 7.26. The third kappa shape index (κ3) is 3.33. The minimum atomic E-state index is -0.131.